The Balaban J connectivity index is 1.81. The minimum atomic E-state index is 0.740. The van der Waals surface area contributed by atoms with Crippen LogP contribution < -0.4 is 4.90 Å². The van der Waals surface area contributed by atoms with Crippen LogP contribution in [0.5, 0.6) is 0 Å². The molecule has 0 atom stereocenters. The molecule has 1 aromatic carbocycles. The van der Waals surface area contributed by atoms with Gasteiger partial charge in [0.05, 0.1) is 18.3 Å². The Morgan fingerprint density at radius 3 is 3.21 bits per heavy atom. The Hall–Kier alpha value is -1.94. The smallest absolute Gasteiger partial charge is 0.0686 e. The van der Waals surface area contributed by atoms with E-state index in [4.69, 9.17) is 11.6 Å². The molecule has 19 heavy (non-hydrogen) atoms. The summed E-state index contributed by atoms with van der Waals surface area (Å²) in [5, 5.41) is 8.96. The highest BCUT2D eigenvalue weighted by Crippen LogP contribution is 2.32. The van der Waals surface area contributed by atoms with Crippen molar-refractivity contribution in [1.82, 2.24) is 15.2 Å². The number of nitrogens with one attached hydrogen (secondary N) is 2. The van der Waals surface area contributed by atoms with E-state index < -0.39 is 0 Å². The van der Waals surface area contributed by atoms with E-state index >= 15 is 0 Å². The number of H-pyrrole nitrogens is 2. The molecule has 0 aliphatic carbocycles. The van der Waals surface area contributed by atoms with Crippen molar-refractivity contribution in [1.29, 1.82) is 0 Å². The number of aromatic nitrogens is 3. The zero-order chi connectivity index (χ0) is 12.8. The molecule has 0 radical (unpaired) electrons. The molecule has 0 fully saturated rings. The quantitative estimate of drug-likeness (QED) is 0.715. The van der Waals surface area contributed by atoms with Crippen molar-refractivity contribution in [2.75, 3.05) is 11.4 Å². The molecule has 0 amide bonds. The zero-order valence-electron chi connectivity index (χ0n) is 10.3. The fourth-order valence-electron chi connectivity index (χ4n) is 2.81. The number of anilines is 1. The molecule has 3 aromatic rings. The van der Waals surface area contributed by atoms with E-state index in [9.17, 15) is 0 Å². The fraction of sp³-hybridized carbons (Fsp3) is 0.214. The number of rotatable bonds is 1. The van der Waals surface area contributed by atoms with E-state index in [1.54, 1.807) is 0 Å². The van der Waals surface area contributed by atoms with Crippen LogP contribution in [0.25, 0.3) is 10.9 Å². The van der Waals surface area contributed by atoms with Crippen LogP contribution in [0.1, 0.15) is 11.3 Å². The number of nitrogens with zero attached hydrogens (tertiary/aromatic N) is 2. The van der Waals surface area contributed by atoms with Crippen LogP contribution >= 0.6 is 11.6 Å². The summed E-state index contributed by atoms with van der Waals surface area (Å²) in [6.45, 7) is 1.90. The first-order chi connectivity index (χ1) is 9.31. The Labute approximate surface area is 115 Å². The van der Waals surface area contributed by atoms with Gasteiger partial charge >= 0.3 is 0 Å². The molecule has 1 aliphatic rings. The monoisotopic (exact) mass is 272 g/mol. The molecular formula is C14H13ClN4. The van der Waals surface area contributed by atoms with Gasteiger partial charge in [-0.2, -0.15) is 5.10 Å². The molecule has 0 saturated heterocycles. The Morgan fingerprint density at radius 1 is 1.32 bits per heavy atom. The molecule has 0 spiro atoms. The fourth-order valence-corrected chi connectivity index (χ4v) is 3.02. The highest BCUT2D eigenvalue weighted by molar-refractivity contribution is 6.31. The molecule has 4 rings (SSSR count). The molecule has 0 bridgehead atoms. The lowest BCUT2D eigenvalue weighted by Gasteiger charge is -2.29. The predicted molar refractivity (Wildman–Crippen MR) is 76.7 cm³/mol. The van der Waals surface area contributed by atoms with Gasteiger partial charge in [0.15, 0.2) is 0 Å². The second-order valence-electron chi connectivity index (χ2n) is 4.91. The van der Waals surface area contributed by atoms with E-state index in [2.05, 4.69) is 26.1 Å². The Bertz CT molecular complexity index is 743. The van der Waals surface area contributed by atoms with Crippen LogP contribution in [0.4, 0.5) is 5.69 Å². The molecule has 0 saturated carbocycles. The molecule has 2 N–H and O–H groups in total. The topological polar surface area (TPSA) is 47.7 Å². The lowest BCUT2D eigenvalue weighted by Crippen LogP contribution is -2.30. The minimum Gasteiger partial charge on any atom is -0.365 e. The minimum absolute atomic E-state index is 0.740. The van der Waals surface area contributed by atoms with Gasteiger partial charge in [-0.15, -0.1) is 0 Å². The first kappa shape index (κ1) is 10.9. The average molecular weight is 273 g/mol. The zero-order valence-corrected chi connectivity index (χ0v) is 11.0. The van der Waals surface area contributed by atoms with Crippen molar-refractivity contribution >= 4 is 28.2 Å². The SMILES string of the molecule is Clc1cc(N2CCc3cc[nH]c3C2)c2cn[nH]c2c1. The normalized spacial score (nSPS) is 14.9. The maximum Gasteiger partial charge on any atom is 0.0686 e. The van der Waals surface area contributed by atoms with Crippen molar-refractivity contribution in [2.24, 2.45) is 0 Å². The summed E-state index contributed by atoms with van der Waals surface area (Å²) in [6, 6.07) is 6.10. The van der Waals surface area contributed by atoms with E-state index in [0.29, 0.717) is 0 Å². The molecule has 4 nitrogen and oxygen atoms in total. The number of halogens is 1. The molecule has 1 aliphatic heterocycles. The summed E-state index contributed by atoms with van der Waals surface area (Å²) < 4.78 is 0. The van der Waals surface area contributed by atoms with Crippen molar-refractivity contribution in [3.8, 4) is 0 Å². The van der Waals surface area contributed by atoms with E-state index in [1.807, 2.05) is 24.5 Å². The number of aromatic amines is 2. The Morgan fingerprint density at radius 2 is 2.26 bits per heavy atom. The predicted octanol–water partition coefficient (Wildman–Crippen LogP) is 3.11. The maximum absolute atomic E-state index is 6.20. The van der Waals surface area contributed by atoms with Gasteiger partial charge in [0.2, 0.25) is 0 Å². The number of benzene rings is 1. The second-order valence-corrected chi connectivity index (χ2v) is 5.35. The van der Waals surface area contributed by atoms with Crippen LogP contribution in [-0.2, 0) is 13.0 Å². The molecule has 2 aromatic heterocycles. The van der Waals surface area contributed by atoms with Crippen LogP contribution in [0, 0.1) is 0 Å². The molecule has 96 valence electrons. The molecule has 0 unspecified atom stereocenters. The molecule has 3 heterocycles. The summed E-state index contributed by atoms with van der Waals surface area (Å²) in [6.07, 6.45) is 4.94. The molecular weight excluding hydrogens is 260 g/mol. The van der Waals surface area contributed by atoms with Crippen LogP contribution in [-0.4, -0.2) is 21.7 Å². The van der Waals surface area contributed by atoms with Crippen molar-refractivity contribution in [3.05, 3.63) is 46.9 Å². The largest absolute Gasteiger partial charge is 0.365 e. The van der Waals surface area contributed by atoms with E-state index in [1.165, 1.54) is 11.3 Å². The summed E-state index contributed by atoms with van der Waals surface area (Å²) in [7, 11) is 0. The maximum atomic E-state index is 6.20. The highest BCUT2D eigenvalue weighted by Gasteiger charge is 2.19. The standard InChI is InChI=1S/C14H13ClN4/c15-10-5-12-11(7-17-18-12)14(6-10)19-4-2-9-1-3-16-13(9)8-19/h1,3,5-7,16H,2,4,8H2,(H,17,18). The van der Waals surface area contributed by atoms with Gasteiger partial charge in [0.1, 0.15) is 0 Å². The van der Waals surface area contributed by atoms with Gasteiger partial charge in [-0.3, -0.25) is 5.10 Å². The second kappa shape index (κ2) is 4.03. The van der Waals surface area contributed by atoms with Crippen molar-refractivity contribution < 1.29 is 0 Å². The third kappa shape index (κ3) is 1.71. The summed E-state index contributed by atoms with van der Waals surface area (Å²) >= 11 is 6.20. The first-order valence-corrected chi connectivity index (χ1v) is 6.72. The van der Waals surface area contributed by atoms with Gasteiger partial charge in [0.25, 0.3) is 0 Å². The van der Waals surface area contributed by atoms with Gasteiger partial charge in [-0.05, 0) is 30.2 Å². The summed E-state index contributed by atoms with van der Waals surface area (Å²) in [5.41, 5.74) is 4.85. The van der Waals surface area contributed by atoms with Gasteiger partial charge in [-0.1, -0.05) is 11.6 Å². The number of hydrogen-bond donors (Lipinski definition) is 2. The van der Waals surface area contributed by atoms with Crippen LogP contribution in [0.2, 0.25) is 5.02 Å². The summed E-state index contributed by atoms with van der Waals surface area (Å²) in [4.78, 5) is 5.67. The third-order valence-corrected chi connectivity index (χ3v) is 3.99. The lowest BCUT2D eigenvalue weighted by molar-refractivity contribution is 0.723. The molecule has 5 heteroatoms. The lowest BCUT2D eigenvalue weighted by atomic mass is 10.1. The summed E-state index contributed by atoms with van der Waals surface area (Å²) in [5.74, 6) is 0. The average Bonchev–Trinajstić information content (AvgIpc) is 3.04. The van der Waals surface area contributed by atoms with E-state index in [0.717, 1.165) is 41.1 Å². The highest BCUT2D eigenvalue weighted by atomic mass is 35.5. The van der Waals surface area contributed by atoms with Gasteiger partial charge in [-0.25, -0.2) is 0 Å². The third-order valence-electron chi connectivity index (χ3n) is 3.77. The van der Waals surface area contributed by atoms with Gasteiger partial charge < -0.3 is 9.88 Å². The first-order valence-electron chi connectivity index (χ1n) is 6.34. The number of hydrogen-bond acceptors (Lipinski definition) is 2. The number of fused-ring (bicyclic) bond motifs is 2. The Kier molecular flexibility index (Phi) is 2.32. The van der Waals surface area contributed by atoms with E-state index in [-0.39, 0.29) is 0 Å². The van der Waals surface area contributed by atoms with Crippen molar-refractivity contribution in [2.45, 2.75) is 13.0 Å². The van der Waals surface area contributed by atoms with Gasteiger partial charge in [0, 0.05) is 34.5 Å². The van der Waals surface area contributed by atoms with Crippen molar-refractivity contribution in [3.63, 3.8) is 0 Å². The van der Waals surface area contributed by atoms with Crippen LogP contribution in [0.15, 0.2) is 30.6 Å². The van der Waals surface area contributed by atoms with Crippen LogP contribution in [0.3, 0.4) is 0 Å².